The molecule has 0 atom stereocenters. The summed E-state index contributed by atoms with van der Waals surface area (Å²) in [5.74, 6) is 0.433. The van der Waals surface area contributed by atoms with Crippen molar-refractivity contribution in [2.24, 2.45) is 0 Å². The molecule has 0 aliphatic heterocycles. The third kappa shape index (κ3) is 1.81. The molecule has 1 aromatic carbocycles. The fourth-order valence-electron chi connectivity index (χ4n) is 1.82. The molecule has 0 saturated heterocycles. The van der Waals surface area contributed by atoms with Crippen molar-refractivity contribution >= 4 is 9.84 Å². The smallest absolute Gasteiger partial charge is 0.176 e. The van der Waals surface area contributed by atoms with Gasteiger partial charge in [-0.25, -0.2) is 8.42 Å². The normalized spacial score (nSPS) is 18.2. The molecule has 88 valence electrons. The van der Waals surface area contributed by atoms with Gasteiger partial charge in [0.1, 0.15) is 5.75 Å². The summed E-state index contributed by atoms with van der Waals surface area (Å²) in [6.07, 6.45) is 2.29. The number of rotatable bonds is 3. The Bertz CT molecular complexity index is 515. The average molecular weight is 242 g/mol. The number of hydrogen-bond acceptors (Lipinski definition) is 4. The van der Waals surface area contributed by atoms with Crippen LogP contribution in [-0.2, 0) is 15.4 Å². The zero-order chi connectivity index (χ0) is 12.0. The predicted molar refractivity (Wildman–Crippen MR) is 59.2 cm³/mol. The van der Waals surface area contributed by atoms with Crippen LogP contribution in [0.25, 0.3) is 0 Å². The van der Waals surface area contributed by atoms with Crippen LogP contribution in [-0.4, -0.2) is 26.9 Å². The maximum atomic E-state index is 11.6. The first-order chi connectivity index (χ1) is 7.38. The molecule has 0 amide bonds. The second kappa shape index (κ2) is 3.46. The number of methoxy groups -OCH3 is 1. The minimum atomic E-state index is -3.35. The third-order valence-electron chi connectivity index (χ3n) is 2.80. The largest absolute Gasteiger partial charge is 0.496 e. The van der Waals surface area contributed by atoms with E-state index in [0.29, 0.717) is 24.2 Å². The van der Waals surface area contributed by atoms with Gasteiger partial charge in [0.15, 0.2) is 9.84 Å². The second-order valence-electron chi connectivity index (χ2n) is 4.14. The first-order valence-corrected chi connectivity index (χ1v) is 6.87. The van der Waals surface area contributed by atoms with Crippen LogP contribution in [0.15, 0.2) is 23.1 Å². The molecule has 5 heteroatoms. The monoisotopic (exact) mass is 242 g/mol. The Morgan fingerprint density at radius 2 is 2.00 bits per heavy atom. The van der Waals surface area contributed by atoms with Crippen LogP contribution in [0.2, 0.25) is 0 Å². The molecule has 1 N–H and O–H groups in total. The first-order valence-electron chi connectivity index (χ1n) is 4.98. The molecular formula is C11H14O4S. The standard InChI is InChI=1S/C11H14O4S/c1-15-8-4-3-5-9(16(2,13)14)10(8)11(12)6-7-11/h3-5,12H,6-7H2,1-2H3. The third-order valence-corrected chi connectivity index (χ3v) is 3.94. The molecule has 1 aliphatic rings. The molecule has 1 fully saturated rings. The van der Waals surface area contributed by atoms with Crippen LogP contribution in [0.4, 0.5) is 0 Å². The maximum Gasteiger partial charge on any atom is 0.176 e. The Kier molecular flexibility index (Phi) is 2.47. The van der Waals surface area contributed by atoms with Gasteiger partial charge < -0.3 is 9.84 Å². The predicted octanol–water partition coefficient (Wildman–Crippen LogP) is 1.08. The van der Waals surface area contributed by atoms with Gasteiger partial charge in [0, 0.05) is 11.8 Å². The van der Waals surface area contributed by atoms with E-state index in [1.807, 2.05) is 0 Å². The molecular weight excluding hydrogens is 228 g/mol. The van der Waals surface area contributed by atoms with E-state index in [4.69, 9.17) is 4.74 Å². The molecule has 1 aromatic rings. The number of hydrogen-bond donors (Lipinski definition) is 1. The molecule has 16 heavy (non-hydrogen) atoms. The second-order valence-corrected chi connectivity index (χ2v) is 6.12. The molecule has 0 radical (unpaired) electrons. The quantitative estimate of drug-likeness (QED) is 0.861. The Balaban J connectivity index is 2.70. The summed E-state index contributed by atoms with van der Waals surface area (Å²) in [5.41, 5.74) is -0.620. The summed E-state index contributed by atoms with van der Waals surface area (Å²) in [6.45, 7) is 0. The zero-order valence-corrected chi connectivity index (χ0v) is 10.0. The first kappa shape index (κ1) is 11.4. The summed E-state index contributed by atoms with van der Waals surface area (Å²) < 4.78 is 28.4. The van der Waals surface area contributed by atoms with Crippen LogP contribution in [0.1, 0.15) is 18.4 Å². The van der Waals surface area contributed by atoms with E-state index in [1.54, 1.807) is 12.1 Å². The molecule has 2 rings (SSSR count). The van der Waals surface area contributed by atoms with Crippen molar-refractivity contribution in [2.75, 3.05) is 13.4 Å². The number of sulfone groups is 1. The van der Waals surface area contributed by atoms with Crippen molar-refractivity contribution in [3.05, 3.63) is 23.8 Å². The van der Waals surface area contributed by atoms with E-state index in [1.165, 1.54) is 13.2 Å². The molecule has 0 spiro atoms. The number of benzene rings is 1. The van der Waals surface area contributed by atoms with Gasteiger partial charge in [-0.2, -0.15) is 0 Å². The van der Waals surface area contributed by atoms with Crippen molar-refractivity contribution in [1.29, 1.82) is 0 Å². The highest BCUT2D eigenvalue weighted by atomic mass is 32.2. The lowest BCUT2D eigenvalue weighted by molar-refractivity contribution is 0.144. The van der Waals surface area contributed by atoms with Gasteiger partial charge in [-0.3, -0.25) is 0 Å². The fourth-order valence-corrected chi connectivity index (χ4v) is 2.80. The van der Waals surface area contributed by atoms with E-state index < -0.39 is 15.4 Å². The minimum absolute atomic E-state index is 0.159. The van der Waals surface area contributed by atoms with Crippen molar-refractivity contribution in [3.8, 4) is 5.75 Å². The molecule has 0 unspecified atom stereocenters. The Labute approximate surface area is 94.8 Å². The molecule has 1 aliphatic carbocycles. The fraction of sp³-hybridized carbons (Fsp3) is 0.455. The highest BCUT2D eigenvalue weighted by Gasteiger charge is 2.47. The van der Waals surface area contributed by atoms with Crippen LogP contribution in [0.3, 0.4) is 0 Å². The summed E-state index contributed by atoms with van der Waals surface area (Å²) in [6, 6.07) is 4.79. The highest BCUT2D eigenvalue weighted by Crippen LogP contribution is 2.51. The van der Waals surface area contributed by atoms with Gasteiger partial charge in [-0.05, 0) is 25.0 Å². The molecule has 0 bridgehead atoms. The van der Waals surface area contributed by atoms with Gasteiger partial charge in [0.2, 0.25) is 0 Å². The zero-order valence-electron chi connectivity index (χ0n) is 9.23. The van der Waals surface area contributed by atoms with Gasteiger partial charge in [0.25, 0.3) is 0 Å². The lowest BCUT2D eigenvalue weighted by atomic mass is 10.1. The van der Waals surface area contributed by atoms with Crippen molar-refractivity contribution in [1.82, 2.24) is 0 Å². The SMILES string of the molecule is COc1cccc(S(C)(=O)=O)c1C1(O)CC1. The lowest BCUT2D eigenvalue weighted by Gasteiger charge is -2.16. The molecule has 0 aromatic heterocycles. The van der Waals surface area contributed by atoms with Crippen LogP contribution < -0.4 is 4.74 Å². The topological polar surface area (TPSA) is 63.6 Å². The van der Waals surface area contributed by atoms with E-state index in [9.17, 15) is 13.5 Å². The molecule has 0 heterocycles. The highest BCUT2D eigenvalue weighted by molar-refractivity contribution is 7.90. The summed E-state index contributed by atoms with van der Waals surface area (Å²) >= 11 is 0. The number of ether oxygens (including phenoxy) is 1. The maximum absolute atomic E-state index is 11.6. The number of aliphatic hydroxyl groups is 1. The van der Waals surface area contributed by atoms with E-state index >= 15 is 0 Å². The Morgan fingerprint density at radius 3 is 2.44 bits per heavy atom. The molecule has 1 saturated carbocycles. The van der Waals surface area contributed by atoms with Gasteiger partial charge >= 0.3 is 0 Å². The summed E-state index contributed by atoms with van der Waals surface area (Å²) in [5, 5.41) is 10.1. The van der Waals surface area contributed by atoms with Crippen molar-refractivity contribution < 1.29 is 18.3 Å². The summed E-state index contributed by atoms with van der Waals surface area (Å²) in [7, 11) is -1.88. The van der Waals surface area contributed by atoms with Crippen LogP contribution in [0, 0.1) is 0 Å². The average Bonchev–Trinajstić information content (AvgIpc) is 2.95. The minimum Gasteiger partial charge on any atom is -0.496 e. The summed E-state index contributed by atoms with van der Waals surface area (Å²) in [4.78, 5) is 0.159. The van der Waals surface area contributed by atoms with E-state index in [2.05, 4.69) is 0 Å². The Hall–Kier alpha value is -1.07. The van der Waals surface area contributed by atoms with Gasteiger partial charge in [0.05, 0.1) is 17.6 Å². The van der Waals surface area contributed by atoms with E-state index in [-0.39, 0.29) is 4.90 Å². The Morgan fingerprint density at radius 1 is 1.38 bits per heavy atom. The van der Waals surface area contributed by atoms with Crippen molar-refractivity contribution in [2.45, 2.75) is 23.3 Å². The molecule has 4 nitrogen and oxygen atoms in total. The van der Waals surface area contributed by atoms with Gasteiger partial charge in [-0.15, -0.1) is 0 Å². The van der Waals surface area contributed by atoms with E-state index in [0.717, 1.165) is 6.26 Å². The lowest BCUT2D eigenvalue weighted by Crippen LogP contribution is -2.13. The van der Waals surface area contributed by atoms with Crippen LogP contribution in [0.5, 0.6) is 5.75 Å². The van der Waals surface area contributed by atoms with Crippen molar-refractivity contribution in [3.63, 3.8) is 0 Å². The van der Waals surface area contributed by atoms with Crippen LogP contribution >= 0.6 is 0 Å². The van der Waals surface area contributed by atoms with Gasteiger partial charge in [-0.1, -0.05) is 6.07 Å².